The maximum absolute atomic E-state index is 5.29. The lowest BCUT2D eigenvalue weighted by atomic mass is 10.5. The first-order valence-electron chi connectivity index (χ1n) is 2.38. The number of hydrogen-bond donors (Lipinski definition) is 1. The Morgan fingerprint density at radius 3 is 2.88 bits per heavy atom. The summed E-state index contributed by atoms with van der Waals surface area (Å²) in [5.41, 5.74) is 5.29. The van der Waals surface area contributed by atoms with Gasteiger partial charge in [-0.2, -0.15) is 0 Å². The summed E-state index contributed by atoms with van der Waals surface area (Å²) >= 11 is 0. The fourth-order valence-electron chi connectivity index (χ4n) is 0.313. The summed E-state index contributed by atoms with van der Waals surface area (Å²) in [6.45, 7) is 5.26. The van der Waals surface area contributed by atoms with Crippen molar-refractivity contribution in [2.45, 2.75) is 6.92 Å². The van der Waals surface area contributed by atoms with Crippen molar-refractivity contribution in [2.75, 3.05) is 0 Å². The second kappa shape index (κ2) is 4.12. The maximum Gasteiger partial charge on any atom is 0.122 e. The minimum absolute atomic E-state index is 0. The Bertz CT molecular complexity index is 127. The van der Waals surface area contributed by atoms with Gasteiger partial charge in [-0.25, -0.2) is 4.99 Å². The molecule has 0 spiro atoms. The van der Waals surface area contributed by atoms with Gasteiger partial charge in [-0.15, -0.1) is 0 Å². The van der Waals surface area contributed by atoms with Crippen LogP contribution in [0.3, 0.4) is 0 Å². The van der Waals surface area contributed by atoms with E-state index in [4.69, 9.17) is 5.73 Å². The fourth-order valence-corrected chi connectivity index (χ4v) is 0.313. The molecule has 0 saturated carbocycles. The Morgan fingerprint density at radius 2 is 2.50 bits per heavy atom. The first kappa shape index (κ1) is 6.95. The third-order valence-corrected chi connectivity index (χ3v) is 0.567. The first-order valence-corrected chi connectivity index (χ1v) is 2.38. The highest BCUT2D eigenvalue weighted by atomic mass is 14.9. The van der Waals surface area contributed by atoms with E-state index >= 15 is 0 Å². The van der Waals surface area contributed by atoms with E-state index < -0.39 is 0 Å². The van der Waals surface area contributed by atoms with E-state index in [-0.39, 0.29) is 1.43 Å². The lowest BCUT2D eigenvalue weighted by molar-refractivity contribution is 1.25. The highest BCUT2D eigenvalue weighted by molar-refractivity contribution is 5.55. The summed E-state index contributed by atoms with van der Waals surface area (Å²) in [5.74, 6) is 0.488. The molecule has 0 aromatic heterocycles. The average molecular weight is 112 g/mol. The number of aliphatic imine (C=N–C) groups is 1. The summed E-state index contributed by atoms with van der Waals surface area (Å²) in [5, 5.41) is 0. The molecule has 2 nitrogen and oxygen atoms in total. The highest BCUT2D eigenvalue weighted by Gasteiger charge is 1.72. The Morgan fingerprint density at radius 1 is 1.88 bits per heavy atom. The van der Waals surface area contributed by atoms with Crippen LogP contribution in [0.2, 0.25) is 0 Å². The lowest BCUT2D eigenvalue weighted by Crippen LogP contribution is -1.91. The smallest absolute Gasteiger partial charge is 0.122 e. The third kappa shape index (κ3) is 3.15. The molecule has 0 aliphatic heterocycles. The van der Waals surface area contributed by atoms with Gasteiger partial charge in [0.2, 0.25) is 0 Å². The van der Waals surface area contributed by atoms with E-state index in [1.54, 1.807) is 18.4 Å². The lowest BCUT2D eigenvalue weighted by Gasteiger charge is -1.83. The van der Waals surface area contributed by atoms with Crippen molar-refractivity contribution in [3.05, 3.63) is 24.6 Å². The van der Waals surface area contributed by atoms with Crippen LogP contribution in [0.5, 0.6) is 0 Å². The highest BCUT2D eigenvalue weighted by Crippen LogP contribution is 1.82. The van der Waals surface area contributed by atoms with Gasteiger partial charge in [-0.3, -0.25) is 0 Å². The molecule has 0 radical (unpaired) electrons. The molecule has 0 rings (SSSR count). The first-order chi connectivity index (χ1) is 3.81. The number of rotatable bonds is 2. The summed E-state index contributed by atoms with van der Waals surface area (Å²) in [7, 11) is 0. The van der Waals surface area contributed by atoms with E-state index in [1.165, 1.54) is 0 Å². The van der Waals surface area contributed by atoms with Crippen LogP contribution in [-0.2, 0) is 0 Å². The van der Waals surface area contributed by atoms with Crippen LogP contribution >= 0.6 is 0 Å². The maximum atomic E-state index is 5.29. The van der Waals surface area contributed by atoms with Crippen LogP contribution in [0.1, 0.15) is 8.35 Å². The zero-order chi connectivity index (χ0) is 6.41. The molecule has 0 aliphatic rings. The van der Waals surface area contributed by atoms with E-state index in [0.717, 1.165) is 0 Å². The second-order valence-corrected chi connectivity index (χ2v) is 1.21. The molecular formula is C6H12N2. The van der Waals surface area contributed by atoms with E-state index in [2.05, 4.69) is 11.6 Å². The predicted molar refractivity (Wildman–Crippen MR) is 38.7 cm³/mol. The summed E-state index contributed by atoms with van der Waals surface area (Å²) in [4.78, 5) is 3.76. The SMILES string of the molecule is C=C/C=C(N)\N=C\C.[HH]. The Hall–Kier alpha value is -1.05. The zero-order valence-electron chi connectivity index (χ0n) is 4.96. The van der Waals surface area contributed by atoms with Gasteiger partial charge in [0.25, 0.3) is 0 Å². The standard InChI is InChI=1S/C6H10N2.H2/c1-3-5-6(7)8-4-2;/h3-5H,1,7H2,2H3;1H/b6-5-,8-4+;. The average Bonchev–Trinajstić information content (AvgIpc) is 1.68. The van der Waals surface area contributed by atoms with Crippen molar-refractivity contribution in [1.82, 2.24) is 0 Å². The molecule has 0 unspecified atom stereocenters. The Labute approximate surface area is 50.9 Å². The molecule has 0 saturated heterocycles. The molecule has 0 aliphatic carbocycles. The van der Waals surface area contributed by atoms with Gasteiger partial charge < -0.3 is 5.73 Å². The van der Waals surface area contributed by atoms with E-state index in [9.17, 15) is 0 Å². The molecule has 0 bridgehead atoms. The predicted octanol–water partition coefficient (Wildman–Crippen LogP) is 1.31. The molecule has 0 amide bonds. The summed E-state index contributed by atoms with van der Waals surface area (Å²) in [6.07, 6.45) is 4.87. The number of nitrogens with two attached hydrogens (primary N) is 1. The van der Waals surface area contributed by atoms with Gasteiger partial charge in [0.15, 0.2) is 0 Å². The van der Waals surface area contributed by atoms with Gasteiger partial charge in [0, 0.05) is 7.64 Å². The number of allylic oxidation sites excluding steroid dienone is 2. The molecule has 8 heavy (non-hydrogen) atoms. The van der Waals surface area contributed by atoms with Gasteiger partial charge in [-0.1, -0.05) is 12.7 Å². The molecule has 0 aromatic rings. The number of nitrogens with zero attached hydrogens (tertiary/aromatic N) is 1. The molecule has 0 heterocycles. The number of hydrogen-bond acceptors (Lipinski definition) is 2. The summed E-state index contributed by atoms with van der Waals surface area (Å²) in [6, 6.07) is 0. The van der Waals surface area contributed by atoms with Gasteiger partial charge >= 0.3 is 0 Å². The van der Waals surface area contributed by atoms with E-state index in [1.807, 2.05) is 6.92 Å². The van der Waals surface area contributed by atoms with Crippen LogP contribution in [0, 0.1) is 0 Å². The topological polar surface area (TPSA) is 38.4 Å². The Balaban J connectivity index is 0. The van der Waals surface area contributed by atoms with Gasteiger partial charge in [0.1, 0.15) is 5.82 Å². The monoisotopic (exact) mass is 112 g/mol. The quantitative estimate of drug-likeness (QED) is 0.424. The van der Waals surface area contributed by atoms with Crippen molar-refractivity contribution < 1.29 is 1.43 Å². The Kier molecular flexibility index (Phi) is 3.58. The van der Waals surface area contributed by atoms with Crippen LogP contribution in [0.15, 0.2) is 29.5 Å². The molecule has 0 aromatic carbocycles. The van der Waals surface area contributed by atoms with Gasteiger partial charge in [0.05, 0.1) is 0 Å². The van der Waals surface area contributed by atoms with Crippen molar-refractivity contribution in [3.63, 3.8) is 0 Å². The summed E-state index contributed by atoms with van der Waals surface area (Å²) < 4.78 is 0. The van der Waals surface area contributed by atoms with Crippen LogP contribution < -0.4 is 5.73 Å². The molecule has 2 heteroatoms. The van der Waals surface area contributed by atoms with Crippen molar-refractivity contribution in [2.24, 2.45) is 10.7 Å². The van der Waals surface area contributed by atoms with Gasteiger partial charge in [-0.05, 0) is 13.0 Å². The van der Waals surface area contributed by atoms with E-state index in [0.29, 0.717) is 5.82 Å². The van der Waals surface area contributed by atoms with Crippen LogP contribution in [0.4, 0.5) is 0 Å². The van der Waals surface area contributed by atoms with Crippen LogP contribution in [0.25, 0.3) is 0 Å². The normalized spacial score (nSPS) is 12.4. The zero-order valence-corrected chi connectivity index (χ0v) is 4.96. The molecule has 0 atom stereocenters. The largest absolute Gasteiger partial charge is 0.384 e. The molecule has 46 valence electrons. The minimum atomic E-state index is 0. The molecule has 2 N–H and O–H groups in total. The van der Waals surface area contributed by atoms with Crippen LogP contribution in [-0.4, -0.2) is 6.21 Å². The van der Waals surface area contributed by atoms with Crippen molar-refractivity contribution in [1.29, 1.82) is 0 Å². The molecular weight excluding hydrogens is 100 g/mol. The van der Waals surface area contributed by atoms with Crippen molar-refractivity contribution >= 4 is 6.21 Å². The third-order valence-electron chi connectivity index (χ3n) is 0.567. The second-order valence-electron chi connectivity index (χ2n) is 1.21. The minimum Gasteiger partial charge on any atom is -0.384 e. The molecule has 0 fully saturated rings. The fraction of sp³-hybridized carbons (Fsp3) is 0.167. The van der Waals surface area contributed by atoms with Crippen molar-refractivity contribution in [3.8, 4) is 0 Å².